The van der Waals surface area contributed by atoms with Crippen LogP contribution >= 0.6 is 11.6 Å². The van der Waals surface area contributed by atoms with Crippen LogP contribution in [0.3, 0.4) is 0 Å². The first kappa shape index (κ1) is 18.7. The molecule has 0 unspecified atom stereocenters. The van der Waals surface area contributed by atoms with Gasteiger partial charge in [-0.2, -0.15) is 0 Å². The Kier molecular flexibility index (Phi) is 5.28. The Bertz CT molecular complexity index is 1040. The number of hydrogen-bond donors (Lipinski definition) is 2. The zero-order valence-electron chi connectivity index (χ0n) is 14.9. The minimum Gasteiger partial charge on any atom is -0.478 e. The van der Waals surface area contributed by atoms with Crippen molar-refractivity contribution in [1.82, 2.24) is 0 Å². The number of carbonyl (C=O) groups is 2. The highest BCUT2D eigenvalue weighted by Gasteiger charge is 2.16. The molecule has 1 amide bonds. The molecular formula is C22H18ClNO3. The third-order valence-corrected chi connectivity index (χ3v) is 4.74. The molecular weight excluding hydrogens is 362 g/mol. The maximum atomic E-state index is 12.7. The van der Waals surface area contributed by atoms with Gasteiger partial charge in [0, 0.05) is 10.6 Å². The monoisotopic (exact) mass is 379 g/mol. The van der Waals surface area contributed by atoms with Crippen molar-refractivity contribution in [2.45, 2.75) is 13.8 Å². The Hall–Kier alpha value is -3.11. The van der Waals surface area contributed by atoms with E-state index in [0.717, 1.165) is 22.3 Å². The highest BCUT2D eigenvalue weighted by atomic mass is 35.5. The van der Waals surface area contributed by atoms with Crippen molar-refractivity contribution in [3.8, 4) is 11.1 Å². The maximum absolute atomic E-state index is 12.7. The first-order chi connectivity index (χ1) is 12.9. The molecule has 0 heterocycles. The number of nitrogens with one attached hydrogen (secondary N) is 1. The molecule has 4 nitrogen and oxygen atoms in total. The number of rotatable bonds is 4. The molecule has 3 aromatic carbocycles. The van der Waals surface area contributed by atoms with Crippen LogP contribution in [0.4, 0.5) is 5.69 Å². The van der Waals surface area contributed by atoms with Gasteiger partial charge >= 0.3 is 5.97 Å². The van der Waals surface area contributed by atoms with Gasteiger partial charge in [0.2, 0.25) is 0 Å². The Morgan fingerprint density at radius 3 is 2.30 bits per heavy atom. The van der Waals surface area contributed by atoms with Gasteiger partial charge in [-0.25, -0.2) is 4.79 Å². The topological polar surface area (TPSA) is 66.4 Å². The summed E-state index contributed by atoms with van der Waals surface area (Å²) >= 11 is 6.05. The van der Waals surface area contributed by atoms with Crippen molar-refractivity contribution >= 4 is 29.2 Å². The van der Waals surface area contributed by atoms with Crippen molar-refractivity contribution in [2.24, 2.45) is 0 Å². The third-order valence-electron chi connectivity index (χ3n) is 4.51. The standard InChI is InChI=1S/C22H18ClNO3/c1-13-5-3-8-18(14(13)2)21(25)24-20-12-16(9-10-19(20)22(26)27)15-6-4-7-17(23)11-15/h3-12H,1-2H3,(H,24,25)(H,26,27). The van der Waals surface area contributed by atoms with E-state index < -0.39 is 5.97 Å². The molecule has 5 heteroatoms. The fourth-order valence-corrected chi connectivity index (χ4v) is 3.06. The van der Waals surface area contributed by atoms with E-state index in [1.54, 1.807) is 36.4 Å². The summed E-state index contributed by atoms with van der Waals surface area (Å²) < 4.78 is 0. The van der Waals surface area contributed by atoms with Crippen LogP contribution in [0.2, 0.25) is 5.02 Å². The largest absolute Gasteiger partial charge is 0.478 e. The highest BCUT2D eigenvalue weighted by molar-refractivity contribution is 6.30. The molecule has 0 aliphatic carbocycles. The highest BCUT2D eigenvalue weighted by Crippen LogP contribution is 2.28. The first-order valence-electron chi connectivity index (χ1n) is 8.37. The molecule has 0 aromatic heterocycles. The van der Waals surface area contributed by atoms with Crippen LogP contribution in [0.25, 0.3) is 11.1 Å². The molecule has 0 radical (unpaired) electrons. The minimum atomic E-state index is -1.11. The van der Waals surface area contributed by atoms with Crippen molar-refractivity contribution in [3.63, 3.8) is 0 Å². The van der Waals surface area contributed by atoms with Crippen LogP contribution < -0.4 is 5.32 Å². The van der Waals surface area contributed by atoms with E-state index in [0.29, 0.717) is 10.6 Å². The molecule has 0 spiro atoms. The summed E-state index contributed by atoms with van der Waals surface area (Å²) in [5.41, 5.74) is 4.23. The molecule has 0 aliphatic heterocycles. The van der Waals surface area contributed by atoms with Crippen molar-refractivity contribution in [2.75, 3.05) is 5.32 Å². The average Bonchev–Trinajstić information content (AvgIpc) is 2.63. The second-order valence-electron chi connectivity index (χ2n) is 6.28. The van der Waals surface area contributed by atoms with E-state index in [2.05, 4.69) is 5.32 Å². The smallest absolute Gasteiger partial charge is 0.337 e. The number of benzene rings is 3. The molecule has 0 atom stereocenters. The van der Waals surface area contributed by atoms with Gasteiger partial charge in [-0.05, 0) is 66.4 Å². The number of carboxylic acids is 1. The van der Waals surface area contributed by atoms with Gasteiger partial charge in [-0.3, -0.25) is 4.79 Å². The summed E-state index contributed by atoms with van der Waals surface area (Å²) in [5, 5.41) is 12.8. The molecule has 3 aromatic rings. The average molecular weight is 380 g/mol. The number of carboxylic acid groups (broad SMARTS) is 1. The Balaban J connectivity index is 2.02. The second-order valence-corrected chi connectivity index (χ2v) is 6.71. The second kappa shape index (κ2) is 7.64. The number of amides is 1. The lowest BCUT2D eigenvalue weighted by Crippen LogP contribution is -2.16. The molecule has 2 N–H and O–H groups in total. The molecule has 0 saturated heterocycles. The molecule has 0 bridgehead atoms. The van der Waals surface area contributed by atoms with E-state index in [4.69, 9.17) is 11.6 Å². The third kappa shape index (κ3) is 4.01. The first-order valence-corrected chi connectivity index (χ1v) is 8.75. The van der Waals surface area contributed by atoms with Gasteiger partial charge in [0.1, 0.15) is 0 Å². The predicted octanol–water partition coefficient (Wildman–Crippen LogP) is 5.57. The number of aryl methyl sites for hydroxylation is 1. The summed E-state index contributed by atoms with van der Waals surface area (Å²) in [6, 6.07) is 17.5. The normalized spacial score (nSPS) is 10.5. The number of carbonyl (C=O) groups excluding carboxylic acids is 1. The van der Waals surface area contributed by atoms with Gasteiger partial charge in [0.25, 0.3) is 5.91 Å². The fourth-order valence-electron chi connectivity index (χ4n) is 2.87. The van der Waals surface area contributed by atoms with Gasteiger partial charge < -0.3 is 10.4 Å². The summed E-state index contributed by atoms with van der Waals surface area (Å²) in [7, 11) is 0. The SMILES string of the molecule is Cc1cccc(C(=O)Nc2cc(-c3cccc(Cl)c3)ccc2C(=O)O)c1C. The van der Waals surface area contributed by atoms with Crippen molar-refractivity contribution in [1.29, 1.82) is 0 Å². The molecule has 0 aliphatic rings. The molecule has 3 rings (SSSR count). The zero-order chi connectivity index (χ0) is 19.6. The van der Waals surface area contributed by atoms with Crippen LogP contribution in [-0.4, -0.2) is 17.0 Å². The van der Waals surface area contributed by atoms with E-state index in [-0.39, 0.29) is 17.2 Å². The van der Waals surface area contributed by atoms with Crippen LogP contribution in [0.5, 0.6) is 0 Å². The van der Waals surface area contributed by atoms with E-state index in [9.17, 15) is 14.7 Å². The van der Waals surface area contributed by atoms with Gasteiger partial charge in [0.05, 0.1) is 11.3 Å². The number of halogens is 1. The van der Waals surface area contributed by atoms with Crippen molar-refractivity contribution < 1.29 is 14.7 Å². The van der Waals surface area contributed by atoms with Gasteiger partial charge in [-0.1, -0.05) is 41.9 Å². The van der Waals surface area contributed by atoms with Crippen LogP contribution in [0, 0.1) is 13.8 Å². The Morgan fingerprint density at radius 1 is 0.889 bits per heavy atom. The van der Waals surface area contributed by atoms with Crippen LogP contribution in [0.1, 0.15) is 31.8 Å². The lowest BCUT2D eigenvalue weighted by atomic mass is 10.0. The summed E-state index contributed by atoms with van der Waals surface area (Å²) in [4.78, 5) is 24.3. The molecule has 136 valence electrons. The number of hydrogen-bond acceptors (Lipinski definition) is 2. The molecule has 0 fully saturated rings. The number of anilines is 1. The number of aromatic carboxylic acids is 1. The molecule has 0 saturated carbocycles. The summed E-state index contributed by atoms with van der Waals surface area (Å²) in [6.07, 6.45) is 0. The Labute approximate surface area is 162 Å². The van der Waals surface area contributed by atoms with E-state index in [1.165, 1.54) is 6.07 Å². The summed E-state index contributed by atoms with van der Waals surface area (Å²) in [6.45, 7) is 3.79. The molecule has 27 heavy (non-hydrogen) atoms. The maximum Gasteiger partial charge on any atom is 0.337 e. The van der Waals surface area contributed by atoms with Crippen molar-refractivity contribution in [3.05, 3.63) is 87.9 Å². The van der Waals surface area contributed by atoms with Gasteiger partial charge in [-0.15, -0.1) is 0 Å². The van der Waals surface area contributed by atoms with Crippen LogP contribution in [-0.2, 0) is 0 Å². The lowest BCUT2D eigenvalue weighted by Gasteiger charge is -2.13. The van der Waals surface area contributed by atoms with E-state index in [1.807, 2.05) is 32.0 Å². The van der Waals surface area contributed by atoms with E-state index >= 15 is 0 Å². The quantitative estimate of drug-likeness (QED) is 0.622. The zero-order valence-corrected chi connectivity index (χ0v) is 15.7. The summed E-state index contributed by atoms with van der Waals surface area (Å²) in [5.74, 6) is -1.45. The Morgan fingerprint density at radius 2 is 1.59 bits per heavy atom. The predicted molar refractivity (Wildman–Crippen MR) is 108 cm³/mol. The van der Waals surface area contributed by atoms with Crippen LogP contribution in [0.15, 0.2) is 60.7 Å². The fraction of sp³-hybridized carbons (Fsp3) is 0.0909. The minimum absolute atomic E-state index is 0.0273. The lowest BCUT2D eigenvalue weighted by molar-refractivity contribution is 0.0698. The van der Waals surface area contributed by atoms with Gasteiger partial charge in [0.15, 0.2) is 0 Å².